The molecule has 0 radical (unpaired) electrons. The maximum Gasteiger partial charge on any atom is 0.314 e. The average Bonchev–Trinajstić information content (AvgIpc) is 2.80. The van der Waals surface area contributed by atoms with E-state index in [1.807, 2.05) is 4.90 Å². The molecule has 1 aliphatic heterocycles. The molecule has 0 aromatic carbocycles. The predicted molar refractivity (Wildman–Crippen MR) is 46.7 cm³/mol. The number of primary amides is 1. The van der Waals surface area contributed by atoms with Crippen LogP contribution in [0.2, 0.25) is 0 Å². The molecule has 1 heterocycles. The number of urea groups is 1. The second-order valence-corrected chi connectivity index (χ2v) is 4.22. The number of likely N-dealkylation sites (tertiary alicyclic amines) is 1. The maximum atomic E-state index is 11.0. The van der Waals surface area contributed by atoms with Crippen LogP contribution in [0.25, 0.3) is 0 Å². The summed E-state index contributed by atoms with van der Waals surface area (Å²) >= 11 is 0. The second kappa shape index (κ2) is 2.64. The highest BCUT2D eigenvalue weighted by Gasteiger charge is 2.44. The quantitative estimate of drug-likeness (QED) is 0.582. The summed E-state index contributed by atoms with van der Waals surface area (Å²) in [5.41, 5.74) is 5.76. The van der Waals surface area contributed by atoms with Gasteiger partial charge in [0.25, 0.3) is 0 Å². The van der Waals surface area contributed by atoms with Crippen molar-refractivity contribution in [3.05, 3.63) is 0 Å². The van der Waals surface area contributed by atoms with Crippen LogP contribution in [0.3, 0.4) is 0 Å². The third-order valence-corrected chi connectivity index (χ3v) is 3.18. The van der Waals surface area contributed by atoms with Crippen molar-refractivity contribution in [2.75, 3.05) is 13.1 Å². The van der Waals surface area contributed by atoms with Gasteiger partial charge in [0.15, 0.2) is 0 Å². The fourth-order valence-electron chi connectivity index (χ4n) is 2.14. The number of hydrogen-bond acceptors (Lipinski definition) is 1. The third-order valence-electron chi connectivity index (χ3n) is 3.18. The van der Waals surface area contributed by atoms with Crippen LogP contribution in [0, 0.1) is 5.41 Å². The van der Waals surface area contributed by atoms with E-state index in [4.69, 9.17) is 5.73 Å². The van der Waals surface area contributed by atoms with Crippen molar-refractivity contribution in [1.82, 2.24) is 4.90 Å². The lowest BCUT2D eigenvalue weighted by Crippen LogP contribution is -2.39. The number of nitrogens with two attached hydrogens (primary N) is 1. The molecular formula is C9H16N2O. The van der Waals surface area contributed by atoms with Crippen molar-refractivity contribution >= 4 is 6.03 Å². The van der Waals surface area contributed by atoms with Crippen LogP contribution in [-0.4, -0.2) is 24.0 Å². The first kappa shape index (κ1) is 7.90. The van der Waals surface area contributed by atoms with E-state index >= 15 is 0 Å². The van der Waals surface area contributed by atoms with Gasteiger partial charge in [-0.1, -0.05) is 6.42 Å². The monoisotopic (exact) mass is 168 g/mol. The van der Waals surface area contributed by atoms with Crippen LogP contribution in [0.1, 0.15) is 32.1 Å². The molecule has 2 fully saturated rings. The van der Waals surface area contributed by atoms with Gasteiger partial charge in [-0.2, -0.15) is 0 Å². The predicted octanol–water partition coefficient (Wildman–Crippen LogP) is 1.33. The molecule has 3 heteroatoms. The molecule has 2 rings (SSSR count). The molecule has 2 aliphatic rings. The Morgan fingerprint density at radius 2 is 2.00 bits per heavy atom. The molecule has 0 bridgehead atoms. The summed E-state index contributed by atoms with van der Waals surface area (Å²) in [6.07, 6.45) is 6.30. The van der Waals surface area contributed by atoms with E-state index in [9.17, 15) is 4.79 Å². The van der Waals surface area contributed by atoms with Crippen LogP contribution < -0.4 is 5.73 Å². The lowest BCUT2D eigenvalue weighted by molar-refractivity contribution is 0.199. The van der Waals surface area contributed by atoms with Crippen molar-refractivity contribution in [2.45, 2.75) is 32.1 Å². The molecule has 0 aromatic rings. The van der Waals surface area contributed by atoms with Gasteiger partial charge in [-0.15, -0.1) is 0 Å². The minimum atomic E-state index is -0.233. The summed E-state index contributed by atoms with van der Waals surface area (Å²) in [6.45, 7) is 1.79. The Bertz CT molecular complexity index is 199. The van der Waals surface area contributed by atoms with Crippen molar-refractivity contribution in [3.8, 4) is 0 Å². The van der Waals surface area contributed by atoms with Crippen LogP contribution >= 0.6 is 0 Å². The van der Waals surface area contributed by atoms with Gasteiger partial charge >= 0.3 is 6.03 Å². The first-order valence-electron chi connectivity index (χ1n) is 4.76. The highest BCUT2D eigenvalue weighted by molar-refractivity contribution is 5.72. The van der Waals surface area contributed by atoms with Gasteiger partial charge in [-0.05, 0) is 31.1 Å². The molecule has 12 heavy (non-hydrogen) atoms. The Morgan fingerprint density at radius 1 is 1.25 bits per heavy atom. The zero-order valence-electron chi connectivity index (χ0n) is 7.38. The van der Waals surface area contributed by atoms with E-state index in [0.717, 1.165) is 19.5 Å². The first-order valence-corrected chi connectivity index (χ1v) is 4.76. The molecule has 0 aromatic heterocycles. The summed E-state index contributed by atoms with van der Waals surface area (Å²) in [7, 11) is 0. The molecule has 2 amide bonds. The lowest BCUT2D eigenvalue weighted by atomic mass is 10.0. The Kier molecular flexibility index (Phi) is 1.74. The Balaban J connectivity index is 2.01. The zero-order chi connectivity index (χ0) is 8.60. The highest BCUT2D eigenvalue weighted by atomic mass is 16.2. The van der Waals surface area contributed by atoms with Crippen LogP contribution in [0.15, 0.2) is 0 Å². The molecular weight excluding hydrogens is 152 g/mol. The largest absolute Gasteiger partial charge is 0.351 e. The first-order chi connectivity index (χ1) is 5.72. The fourth-order valence-corrected chi connectivity index (χ4v) is 2.14. The SMILES string of the molecule is NC(=O)N1CCCCC2(CC2)C1. The molecule has 0 atom stereocenters. The summed E-state index contributed by atoms with van der Waals surface area (Å²) in [6, 6.07) is -0.233. The van der Waals surface area contributed by atoms with Gasteiger partial charge in [0.1, 0.15) is 0 Å². The molecule has 2 N–H and O–H groups in total. The molecule has 68 valence electrons. The van der Waals surface area contributed by atoms with Crippen molar-refractivity contribution < 1.29 is 4.79 Å². The molecule has 1 saturated carbocycles. The normalized spacial score (nSPS) is 26.8. The number of hydrogen-bond donors (Lipinski definition) is 1. The van der Waals surface area contributed by atoms with E-state index in [1.54, 1.807) is 0 Å². The lowest BCUT2D eigenvalue weighted by Gasteiger charge is -2.21. The Labute approximate surface area is 72.9 Å². The van der Waals surface area contributed by atoms with Gasteiger partial charge in [0.2, 0.25) is 0 Å². The molecule has 3 nitrogen and oxygen atoms in total. The van der Waals surface area contributed by atoms with Crippen LogP contribution in [0.5, 0.6) is 0 Å². The number of amides is 2. The third kappa shape index (κ3) is 1.40. The number of nitrogens with zero attached hydrogens (tertiary/aromatic N) is 1. The van der Waals surface area contributed by atoms with Crippen LogP contribution in [0.4, 0.5) is 4.79 Å². The van der Waals surface area contributed by atoms with E-state index < -0.39 is 0 Å². The summed E-state index contributed by atoms with van der Waals surface area (Å²) < 4.78 is 0. The number of carbonyl (C=O) groups is 1. The maximum absolute atomic E-state index is 11.0. The molecule has 1 aliphatic carbocycles. The van der Waals surface area contributed by atoms with Gasteiger partial charge in [0.05, 0.1) is 0 Å². The fraction of sp³-hybridized carbons (Fsp3) is 0.889. The highest BCUT2D eigenvalue weighted by Crippen LogP contribution is 2.51. The Morgan fingerprint density at radius 3 is 2.58 bits per heavy atom. The summed E-state index contributed by atoms with van der Waals surface area (Å²) in [5.74, 6) is 0. The zero-order valence-corrected chi connectivity index (χ0v) is 7.38. The van der Waals surface area contributed by atoms with E-state index in [2.05, 4.69) is 0 Å². The minimum Gasteiger partial charge on any atom is -0.351 e. The van der Waals surface area contributed by atoms with E-state index in [1.165, 1.54) is 25.7 Å². The van der Waals surface area contributed by atoms with Gasteiger partial charge in [-0.3, -0.25) is 0 Å². The number of rotatable bonds is 0. The van der Waals surface area contributed by atoms with E-state index in [0.29, 0.717) is 5.41 Å². The summed E-state index contributed by atoms with van der Waals surface area (Å²) in [4.78, 5) is 12.8. The van der Waals surface area contributed by atoms with Crippen molar-refractivity contribution in [3.63, 3.8) is 0 Å². The Hall–Kier alpha value is -0.730. The number of carbonyl (C=O) groups excluding carboxylic acids is 1. The van der Waals surface area contributed by atoms with E-state index in [-0.39, 0.29) is 6.03 Å². The van der Waals surface area contributed by atoms with Crippen LogP contribution in [-0.2, 0) is 0 Å². The van der Waals surface area contributed by atoms with Crippen molar-refractivity contribution in [1.29, 1.82) is 0 Å². The topological polar surface area (TPSA) is 46.3 Å². The molecule has 1 saturated heterocycles. The average molecular weight is 168 g/mol. The second-order valence-electron chi connectivity index (χ2n) is 4.22. The van der Waals surface area contributed by atoms with Gasteiger partial charge in [-0.25, -0.2) is 4.79 Å². The van der Waals surface area contributed by atoms with Gasteiger partial charge in [0, 0.05) is 13.1 Å². The molecule has 0 unspecified atom stereocenters. The van der Waals surface area contributed by atoms with Gasteiger partial charge < -0.3 is 10.6 Å². The standard InChI is InChI=1S/C9H16N2O/c10-8(12)11-6-2-1-3-9(7-11)4-5-9/h1-7H2,(H2,10,12). The minimum absolute atomic E-state index is 0.233. The van der Waals surface area contributed by atoms with Crippen molar-refractivity contribution in [2.24, 2.45) is 11.1 Å². The smallest absolute Gasteiger partial charge is 0.314 e. The molecule has 1 spiro atoms. The summed E-state index contributed by atoms with van der Waals surface area (Å²) in [5, 5.41) is 0.